The Morgan fingerprint density at radius 3 is 2.50 bits per heavy atom. The zero-order valence-corrected chi connectivity index (χ0v) is 11.7. The molecule has 0 aromatic rings. The molecule has 3 heteroatoms. The lowest BCUT2D eigenvalue weighted by Crippen LogP contribution is -2.57. The van der Waals surface area contributed by atoms with Gasteiger partial charge in [0.05, 0.1) is 6.10 Å². The SMILES string of the molecule is CCNC1CC2CCCC(C1)N2CC1CCCO1. The smallest absolute Gasteiger partial charge is 0.0703 e. The van der Waals surface area contributed by atoms with Crippen LogP contribution in [0.2, 0.25) is 0 Å². The van der Waals surface area contributed by atoms with Crippen molar-refractivity contribution in [2.75, 3.05) is 19.7 Å². The fourth-order valence-corrected chi connectivity index (χ4v) is 4.26. The van der Waals surface area contributed by atoms with Gasteiger partial charge in [0.15, 0.2) is 0 Å². The van der Waals surface area contributed by atoms with Crippen molar-refractivity contribution >= 4 is 0 Å². The minimum absolute atomic E-state index is 0.531. The molecular formula is C15H28N2O. The van der Waals surface area contributed by atoms with Gasteiger partial charge in [-0.15, -0.1) is 0 Å². The fourth-order valence-electron chi connectivity index (χ4n) is 4.26. The number of nitrogens with zero attached hydrogens (tertiary/aromatic N) is 1. The summed E-state index contributed by atoms with van der Waals surface area (Å²) in [5.41, 5.74) is 0. The highest BCUT2D eigenvalue weighted by Gasteiger charge is 2.39. The van der Waals surface area contributed by atoms with E-state index in [4.69, 9.17) is 4.74 Å². The summed E-state index contributed by atoms with van der Waals surface area (Å²) in [7, 11) is 0. The summed E-state index contributed by atoms with van der Waals surface area (Å²) in [4.78, 5) is 2.80. The minimum atomic E-state index is 0.531. The molecule has 0 radical (unpaired) electrons. The normalized spacial score (nSPS) is 41.2. The highest BCUT2D eigenvalue weighted by molar-refractivity contribution is 4.95. The molecule has 104 valence electrons. The maximum atomic E-state index is 5.84. The third-order valence-corrected chi connectivity index (χ3v) is 5.06. The fraction of sp³-hybridized carbons (Fsp3) is 1.00. The first-order chi connectivity index (χ1) is 8.86. The summed E-state index contributed by atoms with van der Waals surface area (Å²) in [6, 6.07) is 2.42. The number of hydrogen-bond donors (Lipinski definition) is 1. The molecule has 3 fully saturated rings. The van der Waals surface area contributed by atoms with E-state index < -0.39 is 0 Å². The molecule has 3 heterocycles. The Bertz CT molecular complexity index is 251. The highest BCUT2D eigenvalue weighted by atomic mass is 16.5. The van der Waals surface area contributed by atoms with Crippen LogP contribution in [0.25, 0.3) is 0 Å². The van der Waals surface area contributed by atoms with Crippen LogP contribution >= 0.6 is 0 Å². The minimum Gasteiger partial charge on any atom is -0.377 e. The number of piperidine rings is 2. The summed E-state index contributed by atoms with van der Waals surface area (Å²) < 4.78 is 5.84. The second-order valence-electron chi connectivity index (χ2n) is 6.30. The van der Waals surface area contributed by atoms with E-state index in [2.05, 4.69) is 17.1 Å². The van der Waals surface area contributed by atoms with Crippen LogP contribution in [0.3, 0.4) is 0 Å². The van der Waals surface area contributed by atoms with Gasteiger partial charge in [0, 0.05) is 31.3 Å². The topological polar surface area (TPSA) is 24.5 Å². The van der Waals surface area contributed by atoms with Crippen molar-refractivity contribution in [2.24, 2.45) is 0 Å². The lowest BCUT2D eigenvalue weighted by Gasteiger charge is -2.49. The molecular weight excluding hydrogens is 224 g/mol. The molecule has 0 amide bonds. The molecule has 3 rings (SSSR count). The number of fused-ring (bicyclic) bond motifs is 2. The van der Waals surface area contributed by atoms with E-state index in [0.717, 1.165) is 31.3 Å². The van der Waals surface area contributed by atoms with Crippen LogP contribution in [0, 0.1) is 0 Å². The maximum absolute atomic E-state index is 5.84. The standard InChI is InChI=1S/C15H28N2O/c1-2-16-12-9-13-5-3-6-14(10-12)17(13)11-15-7-4-8-18-15/h12-16H,2-11H2,1H3. The number of hydrogen-bond acceptors (Lipinski definition) is 3. The lowest BCUT2D eigenvalue weighted by molar-refractivity contribution is -0.0168. The van der Waals surface area contributed by atoms with E-state index in [1.807, 2.05) is 0 Å². The zero-order valence-electron chi connectivity index (χ0n) is 11.7. The average molecular weight is 252 g/mol. The van der Waals surface area contributed by atoms with Crippen LogP contribution in [0.1, 0.15) is 51.9 Å². The maximum Gasteiger partial charge on any atom is 0.0703 e. The van der Waals surface area contributed by atoms with Crippen LogP contribution in [0.15, 0.2) is 0 Å². The molecule has 1 N–H and O–H groups in total. The van der Waals surface area contributed by atoms with Crippen molar-refractivity contribution in [3.8, 4) is 0 Å². The predicted octanol–water partition coefficient (Wildman–Crippen LogP) is 2.16. The van der Waals surface area contributed by atoms with E-state index in [1.165, 1.54) is 51.5 Å². The van der Waals surface area contributed by atoms with Gasteiger partial charge in [0.1, 0.15) is 0 Å². The van der Waals surface area contributed by atoms with Crippen molar-refractivity contribution in [3.05, 3.63) is 0 Å². The molecule has 3 saturated heterocycles. The molecule has 3 nitrogen and oxygen atoms in total. The van der Waals surface area contributed by atoms with Crippen molar-refractivity contribution in [1.29, 1.82) is 0 Å². The van der Waals surface area contributed by atoms with Gasteiger partial charge >= 0.3 is 0 Å². The van der Waals surface area contributed by atoms with Crippen LogP contribution in [-0.2, 0) is 4.74 Å². The number of nitrogens with one attached hydrogen (secondary N) is 1. The second kappa shape index (κ2) is 5.89. The Morgan fingerprint density at radius 1 is 1.11 bits per heavy atom. The first kappa shape index (κ1) is 12.9. The van der Waals surface area contributed by atoms with Gasteiger partial charge in [-0.25, -0.2) is 0 Å². The van der Waals surface area contributed by atoms with Crippen LogP contribution in [0.5, 0.6) is 0 Å². The van der Waals surface area contributed by atoms with Gasteiger partial charge in [-0.2, -0.15) is 0 Å². The van der Waals surface area contributed by atoms with E-state index in [9.17, 15) is 0 Å². The summed E-state index contributed by atoms with van der Waals surface area (Å²) in [5.74, 6) is 0. The summed E-state index contributed by atoms with van der Waals surface area (Å²) in [5, 5.41) is 3.67. The Balaban J connectivity index is 1.60. The van der Waals surface area contributed by atoms with Crippen LogP contribution in [0.4, 0.5) is 0 Å². The Morgan fingerprint density at radius 2 is 1.89 bits per heavy atom. The Hall–Kier alpha value is -0.120. The first-order valence-electron chi connectivity index (χ1n) is 7.97. The summed E-state index contributed by atoms with van der Waals surface area (Å²) in [6.45, 7) is 5.55. The number of rotatable bonds is 4. The second-order valence-corrected chi connectivity index (χ2v) is 6.30. The molecule has 18 heavy (non-hydrogen) atoms. The third kappa shape index (κ3) is 2.73. The lowest BCUT2D eigenvalue weighted by atomic mass is 9.81. The molecule has 3 aliphatic heterocycles. The van der Waals surface area contributed by atoms with Crippen LogP contribution in [-0.4, -0.2) is 48.8 Å². The number of ether oxygens (including phenoxy) is 1. The molecule has 0 aromatic heterocycles. The largest absolute Gasteiger partial charge is 0.377 e. The first-order valence-corrected chi connectivity index (χ1v) is 7.97. The van der Waals surface area contributed by atoms with Gasteiger partial charge in [0.25, 0.3) is 0 Å². The van der Waals surface area contributed by atoms with Gasteiger partial charge in [-0.05, 0) is 45.1 Å². The van der Waals surface area contributed by atoms with E-state index in [0.29, 0.717) is 6.10 Å². The van der Waals surface area contributed by atoms with Crippen molar-refractivity contribution < 1.29 is 4.74 Å². The monoisotopic (exact) mass is 252 g/mol. The Kier molecular flexibility index (Phi) is 4.22. The quantitative estimate of drug-likeness (QED) is 0.830. The van der Waals surface area contributed by atoms with Gasteiger partial charge in [0.2, 0.25) is 0 Å². The van der Waals surface area contributed by atoms with E-state index in [-0.39, 0.29) is 0 Å². The van der Waals surface area contributed by atoms with Gasteiger partial charge < -0.3 is 10.1 Å². The average Bonchev–Trinajstić information content (AvgIpc) is 2.83. The molecule has 0 aliphatic carbocycles. The molecule has 3 atom stereocenters. The van der Waals surface area contributed by atoms with Crippen molar-refractivity contribution in [1.82, 2.24) is 10.2 Å². The van der Waals surface area contributed by atoms with E-state index in [1.54, 1.807) is 0 Å². The molecule has 3 unspecified atom stereocenters. The molecule has 2 bridgehead atoms. The zero-order chi connectivity index (χ0) is 12.4. The summed E-state index contributed by atoms with van der Waals surface area (Å²) in [6.07, 6.45) is 10.1. The third-order valence-electron chi connectivity index (χ3n) is 5.06. The van der Waals surface area contributed by atoms with E-state index >= 15 is 0 Å². The summed E-state index contributed by atoms with van der Waals surface area (Å²) >= 11 is 0. The van der Waals surface area contributed by atoms with Crippen LogP contribution < -0.4 is 5.32 Å². The molecule has 0 aromatic carbocycles. The molecule has 0 spiro atoms. The van der Waals surface area contributed by atoms with Gasteiger partial charge in [-0.1, -0.05) is 13.3 Å². The Labute approximate surface area is 111 Å². The molecule has 3 aliphatic rings. The highest BCUT2D eigenvalue weighted by Crippen LogP contribution is 2.34. The molecule has 0 saturated carbocycles. The van der Waals surface area contributed by atoms with Crippen molar-refractivity contribution in [3.63, 3.8) is 0 Å². The van der Waals surface area contributed by atoms with Crippen molar-refractivity contribution in [2.45, 2.75) is 76.1 Å². The van der Waals surface area contributed by atoms with Gasteiger partial charge in [-0.3, -0.25) is 4.90 Å². The predicted molar refractivity (Wildman–Crippen MR) is 73.8 cm³/mol.